The minimum Gasteiger partial charge on any atom is -0.375 e. The maximum atomic E-state index is 5.66. The van der Waals surface area contributed by atoms with E-state index in [4.69, 9.17) is 10.6 Å². The van der Waals surface area contributed by atoms with E-state index in [1.165, 1.54) is 6.33 Å². The van der Waals surface area contributed by atoms with Crippen molar-refractivity contribution in [2.75, 3.05) is 23.5 Å². The molecule has 3 N–H and O–H groups in total. The highest BCUT2D eigenvalue weighted by molar-refractivity contribution is 5.48. The molecule has 1 fully saturated rings. The van der Waals surface area contributed by atoms with Crippen molar-refractivity contribution in [2.45, 2.75) is 32.4 Å². The highest BCUT2D eigenvalue weighted by Gasteiger charge is 2.26. The molecule has 0 spiro atoms. The zero-order chi connectivity index (χ0) is 12.3. The second-order valence-corrected chi connectivity index (χ2v) is 4.26. The molecule has 0 saturated carbocycles. The van der Waals surface area contributed by atoms with Gasteiger partial charge in [0.05, 0.1) is 18.8 Å². The van der Waals surface area contributed by atoms with Gasteiger partial charge in [-0.1, -0.05) is 6.92 Å². The zero-order valence-corrected chi connectivity index (χ0v) is 10.3. The van der Waals surface area contributed by atoms with Crippen LogP contribution in [0, 0.1) is 0 Å². The third-order valence-corrected chi connectivity index (χ3v) is 3.03. The van der Waals surface area contributed by atoms with Crippen molar-refractivity contribution in [3.63, 3.8) is 0 Å². The lowest BCUT2D eigenvalue weighted by atomic mass is 10.1. The van der Waals surface area contributed by atoms with Crippen molar-refractivity contribution in [1.82, 2.24) is 9.97 Å². The third-order valence-electron chi connectivity index (χ3n) is 3.03. The summed E-state index contributed by atoms with van der Waals surface area (Å²) in [6.45, 7) is 5.81. The summed E-state index contributed by atoms with van der Waals surface area (Å²) in [4.78, 5) is 10.6. The highest BCUT2D eigenvalue weighted by atomic mass is 16.5. The Morgan fingerprint density at radius 3 is 3.12 bits per heavy atom. The normalized spacial score (nSPS) is 24.8. The van der Waals surface area contributed by atoms with Gasteiger partial charge < -0.3 is 15.1 Å². The molecule has 1 aromatic heterocycles. The van der Waals surface area contributed by atoms with Gasteiger partial charge in [0.1, 0.15) is 18.0 Å². The van der Waals surface area contributed by atoms with E-state index in [-0.39, 0.29) is 6.10 Å². The second kappa shape index (κ2) is 5.29. The molecule has 1 aliphatic rings. The number of nitrogens with one attached hydrogen (secondary N) is 1. The summed E-state index contributed by atoms with van der Waals surface area (Å²) in [5, 5.41) is 0. The second-order valence-electron chi connectivity index (χ2n) is 4.26. The minimum atomic E-state index is 0.224. The van der Waals surface area contributed by atoms with Crippen LogP contribution in [-0.2, 0) is 4.74 Å². The van der Waals surface area contributed by atoms with E-state index >= 15 is 0 Å². The Bertz CT molecular complexity index is 373. The largest absolute Gasteiger partial charge is 0.375 e. The van der Waals surface area contributed by atoms with Crippen LogP contribution in [0.4, 0.5) is 11.6 Å². The first-order chi connectivity index (χ1) is 8.24. The van der Waals surface area contributed by atoms with Crippen molar-refractivity contribution in [2.24, 2.45) is 5.84 Å². The molecule has 1 saturated heterocycles. The molecule has 6 nitrogen and oxygen atoms in total. The molecule has 0 amide bonds. The number of nitrogens with zero attached hydrogens (tertiary/aromatic N) is 3. The molecule has 2 atom stereocenters. The molecular formula is C11H19N5O. The van der Waals surface area contributed by atoms with E-state index in [0.717, 1.165) is 25.4 Å². The van der Waals surface area contributed by atoms with E-state index in [9.17, 15) is 0 Å². The van der Waals surface area contributed by atoms with Gasteiger partial charge in [-0.05, 0) is 13.3 Å². The summed E-state index contributed by atoms with van der Waals surface area (Å²) < 4.78 is 5.66. The number of hydrogen-bond acceptors (Lipinski definition) is 6. The van der Waals surface area contributed by atoms with Crippen LogP contribution < -0.4 is 16.2 Å². The van der Waals surface area contributed by atoms with E-state index in [1.54, 1.807) is 0 Å². The van der Waals surface area contributed by atoms with Crippen LogP contribution in [0.15, 0.2) is 12.4 Å². The number of hydrazine groups is 1. The van der Waals surface area contributed by atoms with Crippen molar-refractivity contribution < 1.29 is 4.74 Å². The fourth-order valence-electron chi connectivity index (χ4n) is 2.05. The van der Waals surface area contributed by atoms with Gasteiger partial charge in [0.2, 0.25) is 0 Å². The standard InChI is InChI=1S/C11H19N5O/c1-3-9-6-17-8(2)5-16(9)11-4-10(15-12)13-7-14-11/h4,7-9H,3,5-6,12H2,1-2H3,(H,13,14,15). The first kappa shape index (κ1) is 12.1. The predicted octanol–water partition coefficient (Wildman–Crippen LogP) is 0.766. The molecule has 0 bridgehead atoms. The van der Waals surface area contributed by atoms with Crippen molar-refractivity contribution in [1.29, 1.82) is 0 Å². The first-order valence-corrected chi connectivity index (χ1v) is 5.91. The topological polar surface area (TPSA) is 76.3 Å². The maximum absolute atomic E-state index is 5.66. The molecule has 2 heterocycles. The quantitative estimate of drug-likeness (QED) is 0.597. The summed E-state index contributed by atoms with van der Waals surface area (Å²) >= 11 is 0. The Kier molecular flexibility index (Phi) is 3.75. The molecule has 2 unspecified atom stereocenters. The van der Waals surface area contributed by atoms with Crippen LogP contribution in [-0.4, -0.2) is 35.3 Å². The molecular weight excluding hydrogens is 218 g/mol. The van der Waals surface area contributed by atoms with E-state index in [1.807, 2.05) is 6.07 Å². The number of aromatic nitrogens is 2. The number of hydrogen-bond donors (Lipinski definition) is 2. The van der Waals surface area contributed by atoms with Crippen molar-refractivity contribution in [3.05, 3.63) is 12.4 Å². The molecule has 0 radical (unpaired) electrons. The Balaban J connectivity index is 2.22. The van der Waals surface area contributed by atoms with Crippen LogP contribution in [0.2, 0.25) is 0 Å². The molecule has 17 heavy (non-hydrogen) atoms. The van der Waals surface area contributed by atoms with E-state index < -0.39 is 0 Å². The lowest BCUT2D eigenvalue weighted by Crippen LogP contribution is -2.49. The molecule has 1 aromatic rings. The van der Waals surface area contributed by atoms with Crippen LogP contribution in [0.1, 0.15) is 20.3 Å². The molecule has 2 rings (SSSR count). The van der Waals surface area contributed by atoms with Gasteiger partial charge in [0.15, 0.2) is 0 Å². The minimum absolute atomic E-state index is 0.224. The Hall–Kier alpha value is -1.40. The van der Waals surface area contributed by atoms with Crippen molar-refractivity contribution >= 4 is 11.6 Å². The van der Waals surface area contributed by atoms with E-state index in [2.05, 4.69) is 34.1 Å². The Morgan fingerprint density at radius 2 is 2.41 bits per heavy atom. The van der Waals surface area contributed by atoms with Gasteiger partial charge in [-0.15, -0.1) is 0 Å². The maximum Gasteiger partial charge on any atom is 0.145 e. The summed E-state index contributed by atoms with van der Waals surface area (Å²) in [7, 11) is 0. The van der Waals surface area contributed by atoms with Gasteiger partial charge >= 0.3 is 0 Å². The average Bonchev–Trinajstić information content (AvgIpc) is 2.39. The number of ether oxygens (including phenoxy) is 1. The van der Waals surface area contributed by atoms with Crippen LogP contribution >= 0.6 is 0 Å². The van der Waals surface area contributed by atoms with Gasteiger partial charge in [0, 0.05) is 12.6 Å². The lowest BCUT2D eigenvalue weighted by Gasteiger charge is -2.39. The van der Waals surface area contributed by atoms with Crippen molar-refractivity contribution in [3.8, 4) is 0 Å². The number of nitrogens with two attached hydrogens (primary N) is 1. The summed E-state index contributed by atoms with van der Waals surface area (Å²) in [6.07, 6.45) is 2.78. The Labute approximate surface area is 101 Å². The number of nitrogen functional groups attached to an aromatic ring is 1. The van der Waals surface area contributed by atoms with Crippen LogP contribution in [0.5, 0.6) is 0 Å². The lowest BCUT2D eigenvalue weighted by molar-refractivity contribution is 0.0296. The average molecular weight is 237 g/mol. The van der Waals surface area contributed by atoms with Gasteiger partial charge in [-0.3, -0.25) is 0 Å². The molecule has 94 valence electrons. The monoisotopic (exact) mass is 237 g/mol. The molecule has 0 aliphatic carbocycles. The molecule has 0 aromatic carbocycles. The van der Waals surface area contributed by atoms with Crippen LogP contribution in [0.3, 0.4) is 0 Å². The smallest absolute Gasteiger partial charge is 0.145 e. The fraction of sp³-hybridized carbons (Fsp3) is 0.636. The van der Waals surface area contributed by atoms with Gasteiger partial charge in [-0.2, -0.15) is 0 Å². The van der Waals surface area contributed by atoms with Crippen LogP contribution in [0.25, 0.3) is 0 Å². The SMILES string of the molecule is CCC1COC(C)CN1c1cc(NN)ncn1. The zero-order valence-electron chi connectivity index (χ0n) is 10.3. The highest BCUT2D eigenvalue weighted by Crippen LogP contribution is 2.22. The van der Waals surface area contributed by atoms with Gasteiger partial charge in [0.25, 0.3) is 0 Å². The number of rotatable bonds is 3. The summed E-state index contributed by atoms with van der Waals surface area (Å²) in [6, 6.07) is 2.23. The summed E-state index contributed by atoms with van der Waals surface area (Å²) in [5.74, 6) is 6.89. The van der Waals surface area contributed by atoms with E-state index in [0.29, 0.717) is 11.9 Å². The predicted molar refractivity (Wildman–Crippen MR) is 66.7 cm³/mol. The Morgan fingerprint density at radius 1 is 1.59 bits per heavy atom. The number of anilines is 2. The molecule has 1 aliphatic heterocycles. The first-order valence-electron chi connectivity index (χ1n) is 5.91. The van der Waals surface area contributed by atoms with Gasteiger partial charge in [-0.25, -0.2) is 15.8 Å². The third kappa shape index (κ3) is 2.65. The number of morpholine rings is 1. The fourth-order valence-corrected chi connectivity index (χ4v) is 2.05. The molecule has 6 heteroatoms. The summed E-state index contributed by atoms with van der Waals surface area (Å²) in [5.41, 5.74) is 2.54.